The molecule has 1 amide bonds. The molecule has 0 bridgehead atoms. The maximum atomic E-state index is 10.2. The fourth-order valence-corrected chi connectivity index (χ4v) is 0.729. The average molecular weight is 214 g/mol. The largest absolute Gasteiger partial charge is 0.363 e. The second kappa shape index (κ2) is 9.13. The Morgan fingerprint density at radius 3 is 2.27 bits per heavy atom. The fraction of sp³-hybridized carbons (Fsp3) is 0.500. The van der Waals surface area contributed by atoms with Crippen molar-refractivity contribution in [3.8, 4) is 0 Å². The van der Waals surface area contributed by atoms with Crippen LogP contribution in [0.1, 0.15) is 10.6 Å². The van der Waals surface area contributed by atoms with Crippen LogP contribution in [0.3, 0.4) is 0 Å². The van der Waals surface area contributed by atoms with Crippen LogP contribution in [0.15, 0.2) is 12.4 Å². The summed E-state index contributed by atoms with van der Waals surface area (Å²) in [4.78, 5) is 16.3. The van der Waals surface area contributed by atoms with Crippen LogP contribution in [-0.2, 0) is 0 Å². The van der Waals surface area contributed by atoms with Crippen LogP contribution < -0.4 is 22.5 Å². The minimum Gasteiger partial charge on any atom is -0.363 e. The molecule has 0 aliphatic heterocycles. The topological polar surface area (TPSA) is 136 Å². The Kier molecular flexibility index (Phi) is 8.25. The predicted octanol–water partition coefficient (Wildman–Crippen LogP) is -2.00. The number of aromatic nitrogens is 2. The third-order valence-corrected chi connectivity index (χ3v) is 1.37. The molecular formula is C8H18N6O. The third-order valence-electron chi connectivity index (χ3n) is 1.37. The van der Waals surface area contributed by atoms with E-state index in [-0.39, 0.29) is 5.82 Å². The zero-order valence-corrected chi connectivity index (χ0v) is 8.57. The Morgan fingerprint density at radius 2 is 2.00 bits per heavy atom. The van der Waals surface area contributed by atoms with Crippen molar-refractivity contribution in [3.63, 3.8) is 0 Å². The minimum absolute atomic E-state index is 0.199. The van der Waals surface area contributed by atoms with Crippen molar-refractivity contribution in [2.24, 2.45) is 17.2 Å². The van der Waals surface area contributed by atoms with Gasteiger partial charge >= 0.3 is 0 Å². The Morgan fingerprint density at radius 1 is 1.40 bits per heavy atom. The Labute approximate surface area is 88.4 Å². The molecule has 7 heteroatoms. The monoisotopic (exact) mass is 214 g/mol. The number of aromatic amines is 1. The molecular weight excluding hydrogens is 196 g/mol. The molecule has 0 atom stereocenters. The predicted molar refractivity (Wildman–Crippen MR) is 58.1 cm³/mol. The number of hydrogen-bond donors (Lipinski definition) is 5. The molecule has 0 saturated heterocycles. The van der Waals surface area contributed by atoms with Crippen molar-refractivity contribution in [1.29, 1.82) is 0 Å². The van der Waals surface area contributed by atoms with Crippen molar-refractivity contribution >= 4 is 5.91 Å². The summed E-state index contributed by atoms with van der Waals surface area (Å²) >= 11 is 0. The first-order chi connectivity index (χ1) is 7.22. The normalized spacial score (nSPS) is 9.20. The van der Waals surface area contributed by atoms with Crippen LogP contribution in [0.5, 0.6) is 0 Å². The van der Waals surface area contributed by atoms with Crippen molar-refractivity contribution < 1.29 is 4.79 Å². The Hall–Kier alpha value is -1.44. The van der Waals surface area contributed by atoms with Gasteiger partial charge in [-0.15, -0.1) is 0 Å². The zero-order valence-electron chi connectivity index (χ0n) is 8.57. The van der Waals surface area contributed by atoms with Gasteiger partial charge in [-0.2, -0.15) is 0 Å². The van der Waals surface area contributed by atoms with Gasteiger partial charge in [0.25, 0.3) is 5.91 Å². The lowest BCUT2D eigenvalue weighted by Gasteiger charge is -1.95. The van der Waals surface area contributed by atoms with Crippen LogP contribution in [0.25, 0.3) is 0 Å². The lowest BCUT2D eigenvalue weighted by atomic mass is 10.6. The van der Waals surface area contributed by atoms with Gasteiger partial charge in [0, 0.05) is 38.6 Å². The van der Waals surface area contributed by atoms with Gasteiger partial charge in [-0.1, -0.05) is 0 Å². The van der Waals surface area contributed by atoms with Crippen LogP contribution in [0.4, 0.5) is 0 Å². The van der Waals surface area contributed by atoms with Gasteiger partial charge in [-0.25, -0.2) is 4.98 Å². The van der Waals surface area contributed by atoms with Gasteiger partial charge in [0.05, 0.1) is 0 Å². The molecule has 1 heterocycles. The summed E-state index contributed by atoms with van der Waals surface area (Å²) in [6.45, 7) is 3.13. The molecule has 0 aliphatic carbocycles. The summed E-state index contributed by atoms with van der Waals surface area (Å²) in [5.74, 6) is -0.333. The highest BCUT2D eigenvalue weighted by molar-refractivity contribution is 5.88. The van der Waals surface area contributed by atoms with Crippen LogP contribution >= 0.6 is 0 Å². The third kappa shape index (κ3) is 7.62. The number of carbonyl (C=O) groups is 1. The van der Waals surface area contributed by atoms with E-state index in [2.05, 4.69) is 15.3 Å². The first-order valence-corrected chi connectivity index (χ1v) is 4.62. The number of carbonyl (C=O) groups excluding carboxylic acids is 1. The average Bonchev–Trinajstić information content (AvgIpc) is 2.72. The highest BCUT2D eigenvalue weighted by atomic mass is 16.1. The van der Waals surface area contributed by atoms with E-state index in [0.717, 1.165) is 13.1 Å². The zero-order chi connectivity index (χ0) is 11.5. The summed E-state index contributed by atoms with van der Waals surface area (Å²) < 4.78 is 0. The van der Waals surface area contributed by atoms with Crippen molar-refractivity contribution in [3.05, 3.63) is 18.2 Å². The Bertz CT molecular complexity index is 244. The summed E-state index contributed by atoms with van der Waals surface area (Å²) in [7, 11) is 0. The quantitative estimate of drug-likeness (QED) is 0.361. The first kappa shape index (κ1) is 13.6. The van der Waals surface area contributed by atoms with Crippen molar-refractivity contribution in [2.45, 2.75) is 0 Å². The maximum Gasteiger partial charge on any atom is 0.284 e. The molecule has 0 unspecified atom stereocenters. The van der Waals surface area contributed by atoms with Crippen LogP contribution in [0, 0.1) is 0 Å². The number of H-pyrrole nitrogens is 1. The van der Waals surface area contributed by atoms with E-state index >= 15 is 0 Å². The SMILES string of the molecule is NC(=O)c1ncc[nH]1.NCCNCCN. The van der Waals surface area contributed by atoms with Crippen molar-refractivity contribution in [1.82, 2.24) is 15.3 Å². The second-order valence-electron chi connectivity index (χ2n) is 2.63. The van der Waals surface area contributed by atoms with E-state index in [0.29, 0.717) is 13.1 Å². The number of rotatable bonds is 5. The van der Waals surface area contributed by atoms with Gasteiger partial charge in [0.1, 0.15) is 0 Å². The number of hydrogen-bond acceptors (Lipinski definition) is 5. The van der Waals surface area contributed by atoms with Gasteiger partial charge < -0.3 is 27.5 Å². The number of amides is 1. The van der Waals surface area contributed by atoms with E-state index in [1.165, 1.54) is 6.20 Å². The fourth-order valence-electron chi connectivity index (χ4n) is 0.729. The highest BCUT2D eigenvalue weighted by Gasteiger charge is 1.97. The molecule has 1 aromatic heterocycles. The van der Waals surface area contributed by atoms with E-state index in [9.17, 15) is 4.79 Å². The number of nitrogens with zero attached hydrogens (tertiary/aromatic N) is 1. The Balaban J connectivity index is 0.000000265. The smallest absolute Gasteiger partial charge is 0.284 e. The van der Waals surface area contributed by atoms with E-state index in [1.54, 1.807) is 6.20 Å². The standard InChI is InChI=1S/C4H5N3O.C4H13N3/c5-3(8)4-6-1-2-7-4;5-1-3-7-4-2-6/h1-2H,(H2,5,8)(H,6,7);7H,1-6H2. The number of primary amides is 1. The van der Waals surface area contributed by atoms with E-state index in [1.807, 2.05) is 0 Å². The molecule has 0 aromatic carbocycles. The summed E-state index contributed by atoms with van der Waals surface area (Å²) in [5.41, 5.74) is 15.2. The lowest BCUT2D eigenvalue weighted by molar-refractivity contribution is 0.0991. The highest BCUT2D eigenvalue weighted by Crippen LogP contribution is 1.82. The van der Waals surface area contributed by atoms with Gasteiger partial charge in [-0.05, 0) is 0 Å². The molecule has 1 aromatic rings. The molecule has 0 aliphatic rings. The molecule has 86 valence electrons. The first-order valence-electron chi connectivity index (χ1n) is 4.62. The molecule has 7 nitrogen and oxygen atoms in total. The number of nitrogens with one attached hydrogen (secondary N) is 2. The number of nitrogens with two attached hydrogens (primary N) is 3. The molecule has 8 N–H and O–H groups in total. The van der Waals surface area contributed by atoms with Crippen molar-refractivity contribution in [2.75, 3.05) is 26.2 Å². The van der Waals surface area contributed by atoms with E-state index in [4.69, 9.17) is 17.2 Å². The van der Waals surface area contributed by atoms with Gasteiger partial charge in [0.15, 0.2) is 5.82 Å². The molecule has 0 spiro atoms. The second-order valence-corrected chi connectivity index (χ2v) is 2.63. The van der Waals surface area contributed by atoms with Gasteiger partial charge in [0.2, 0.25) is 0 Å². The molecule has 0 fully saturated rings. The van der Waals surface area contributed by atoms with Gasteiger partial charge in [-0.3, -0.25) is 4.79 Å². The maximum absolute atomic E-state index is 10.2. The summed E-state index contributed by atoms with van der Waals surface area (Å²) in [6.07, 6.45) is 3.01. The lowest BCUT2D eigenvalue weighted by Crippen LogP contribution is -2.27. The minimum atomic E-state index is -0.532. The number of imidazole rings is 1. The van der Waals surface area contributed by atoms with E-state index < -0.39 is 5.91 Å². The molecule has 1 rings (SSSR count). The molecule has 0 saturated carbocycles. The van der Waals surface area contributed by atoms with Crippen LogP contribution in [-0.4, -0.2) is 42.1 Å². The molecule has 0 radical (unpaired) electrons. The summed E-state index contributed by atoms with van der Waals surface area (Å²) in [6, 6.07) is 0. The molecule has 15 heavy (non-hydrogen) atoms. The van der Waals surface area contributed by atoms with Crippen LogP contribution in [0.2, 0.25) is 0 Å². The summed E-state index contributed by atoms with van der Waals surface area (Å²) in [5, 5.41) is 3.03.